The second kappa shape index (κ2) is 13.5. The third-order valence-corrected chi connectivity index (χ3v) is 7.26. The van der Waals surface area contributed by atoms with Crippen molar-refractivity contribution in [3.05, 3.63) is 101 Å². The number of nitrogens with zero attached hydrogens (tertiary/aromatic N) is 1. The predicted molar refractivity (Wildman–Crippen MR) is 158 cm³/mol. The number of anilines is 2. The van der Waals surface area contributed by atoms with E-state index in [-0.39, 0.29) is 17.4 Å². The zero-order valence-corrected chi connectivity index (χ0v) is 23.2. The molecule has 0 aliphatic rings. The molecule has 204 valence electrons. The molecule has 0 aliphatic heterocycles. The number of amides is 3. The summed E-state index contributed by atoms with van der Waals surface area (Å²) in [5.74, 6) is -0.911. The predicted octanol–water partition coefficient (Wildman–Crippen LogP) is 5.39. The Labute approximate surface area is 239 Å². The van der Waals surface area contributed by atoms with E-state index < -0.39 is 17.1 Å². The fourth-order valence-electron chi connectivity index (χ4n) is 3.51. The molecule has 1 atom stereocenters. The van der Waals surface area contributed by atoms with Crippen LogP contribution in [0.3, 0.4) is 0 Å². The lowest BCUT2D eigenvalue weighted by Crippen LogP contribution is -2.30. The van der Waals surface area contributed by atoms with Crippen LogP contribution in [-0.4, -0.2) is 40.2 Å². The normalized spacial score (nSPS) is 11.8. The Bertz CT molecular complexity index is 1520. The highest BCUT2D eigenvalue weighted by Crippen LogP contribution is 2.28. The number of thioether (sulfide) groups is 1. The molecule has 0 spiro atoms. The van der Waals surface area contributed by atoms with E-state index in [1.54, 1.807) is 73.1 Å². The number of hydrogen-bond acceptors (Lipinski definition) is 8. The smallest absolute Gasteiger partial charge is 0.272 e. The first-order chi connectivity index (χ1) is 19.3. The van der Waals surface area contributed by atoms with Crippen LogP contribution in [0.4, 0.5) is 10.8 Å². The Morgan fingerprint density at radius 2 is 1.82 bits per heavy atom. The Kier molecular flexibility index (Phi) is 9.55. The molecule has 3 aromatic carbocycles. The van der Waals surface area contributed by atoms with Gasteiger partial charge in [0.05, 0.1) is 12.4 Å². The van der Waals surface area contributed by atoms with Crippen LogP contribution in [0, 0.1) is 0 Å². The van der Waals surface area contributed by atoms with Crippen LogP contribution in [0.2, 0.25) is 0 Å². The molecule has 4 N–H and O–H groups in total. The number of carbonyl (C=O) groups excluding carboxylic acids is 3. The monoisotopic (exact) mass is 574 g/mol. The van der Waals surface area contributed by atoms with Gasteiger partial charge in [0.15, 0.2) is 5.13 Å². The van der Waals surface area contributed by atoms with Crippen LogP contribution >= 0.6 is 23.1 Å². The maximum Gasteiger partial charge on any atom is 0.272 e. The number of aromatic nitrogens is 1. The summed E-state index contributed by atoms with van der Waals surface area (Å²) >= 11 is 2.67. The number of benzene rings is 3. The van der Waals surface area contributed by atoms with E-state index in [2.05, 4.69) is 20.9 Å². The number of nitrogens with one attached hydrogen (secondary N) is 3. The minimum absolute atomic E-state index is 0.00259. The summed E-state index contributed by atoms with van der Waals surface area (Å²) in [6, 6.07) is 20.0. The summed E-state index contributed by atoms with van der Waals surface area (Å²) in [5.41, 5.74) is 1.29. The van der Waals surface area contributed by atoms with Crippen molar-refractivity contribution in [2.24, 2.45) is 0 Å². The Hall–Kier alpha value is -4.61. The average Bonchev–Trinajstić information content (AvgIpc) is 3.47. The number of carbonyl (C=O) groups is 3. The molecule has 0 radical (unpaired) electrons. The van der Waals surface area contributed by atoms with Gasteiger partial charge in [-0.05, 0) is 55.5 Å². The zero-order valence-electron chi connectivity index (χ0n) is 21.6. The molecule has 11 heteroatoms. The summed E-state index contributed by atoms with van der Waals surface area (Å²) in [7, 11) is 1.44. The molecule has 3 amide bonds. The molecule has 0 fully saturated rings. The van der Waals surface area contributed by atoms with Crippen molar-refractivity contribution in [3.8, 4) is 11.5 Å². The molecular weight excluding hydrogens is 548 g/mol. The molecule has 0 saturated heterocycles. The molecule has 1 unspecified atom stereocenters. The van der Waals surface area contributed by atoms with Gasteiger partial charge in [0, 0.05) is 39.4 Å². The lowest BCUT2D eigenvalue weighted by atomic mass is 10.1. The highest BCUT2D eigenvalue weighted by Gasteiger charge is 2.18. The minimum atomic E-state index is -0.573. The van der Waals surface area contributed by atoms with E-state index in [1.165, 1.54) is 48.4 Å². The van der Waals surface area contributed by atoms with Crippen molar-refractivity contribution < 1.29 is 24.2 Å². The Balaban J connectivity index is 1.53. The molecule has 40 heavy (non-hydrogen) atoms. The van der Waals surface area contributed by atoms with Crippen molar-refractivity contribution in [2.75, 3.05) is 17.7 Å². The van der Waals surface area contributed by atoms with Crippen LogP contribution in [0.1, 0.15) is 22.8 Å². The first kappa shape index (κ1) is 28.4. The minimum Gasteiger partial charge on any atom is -0.508 e. The molecular formula is C29H26N4O5S2. The second-order valence-corrected chi connectivity index (χ2v) is 10.7. The summed E-state index contributed by atoms with van der Waals surface area (Å²) in [6.45, 7) is 1.78. The van der Waals surface area contributed by atoms with E-state index in [0.717, 1.165) is 4.90 Å². The van der Waals surface area contributed by atoms with Gasteiger partial charge in [0.1, 0.15) is 17.2 Å². The quantitative estimate of drug-likeness (QED) is 0.148. The van der Waals surface area contributed by atoms with Crippen molar-refractivity contribution in [1.29, 1.82) is 0 Å². The van der Waals surface area contributed by atoms with Gasteiger partial charge in [-0.1, -0.05) is 24.3 Å². The standard InChI is InChI=1S/C29H26N4O5S2/c1-18(26(35)33-29-30-13-14-39-29)40-23-10-6-9-21(16-23)31-28(37)24(32-27(36)19-7-4-3-5-8-19)15-20-11-12-22(34)17-25(20)38-2/h3-18,34H,1-2H3,(H,31,37)(H,32,36)(H,30,33,35)/b24-15+. The van der Waals surface area contributed by atoms with Crippen LogP contribution in [0.15, 0.2) is 95.0 Å². The van der Waals surface area contributed by atoms with Gasteiger partial charge in [-0.2, -0.15) is 0 Å². The van der Waals surface area contributed by atoms with E-state index in [9.17, 15) is 19.5 Å². The zero-order chi connectivity index (χ0) is 28.5. The summed E-state index contributed by atoms with van der Waals surface area (Å²) in [6.07, 6.45) is 3.09. The maximum absolute atomic E-state index is 13.4. The van der Waals surface area contributed by atoms with E-state index in [0.29, 0.717) is 27.7 Å². The number of phenols is 1. The van der Waals surface area contributed by atoms with Crippen molar-refractivity contribution in [2.45, 2.75) is 17.1 Å². The molecule has 0 bridgehead atoms. The number of hydrogen-bond donors (Lipinski definition) is 4. The first-order valence-corrected chi connectivity index (χ1v) is 13.8. The van der Waals surface area contributed by atoms with Gasteiger partial charge >= 0.3 is 0 Å². The van der Waals surface area contributed by atoms with Gasteiger partial charge in [0.25, 0.3) is 11.8 Å². The van der Waals surface area contributed by atoms with E-state index >= 15 is 0 Å². The fraction of sp³-hybridized carbons (Fsp3) is 0.103. The van der Waals surface area contributed by atoms with Crippen LogP contribution in [-0.2, 0) is 9.59 Å². The van der Waals surface area contributed by atoms with E-state index in [1.807, 2.05) is 6.07 Å². The summed E-state index contributed by atoms with van der Waals surface area (Å²) < 4.78 is 5.33. The number of phenolic OH excluding ortho intramolecular Hbond substituents is 1. The molecule has 0 aliphatic carbocycles. The highest BCUT2D eigenvalue weighted by molar-refractivity contribution is 8.00. The van der Waals surface area contributed by atoms with Crippen molar-refractivity contribution in [1.82, 2.24) is 10.3 Å². The summed E-state index contributed by atoms with van der Waals surface area (Å²) in [4.78, 5) is 43.7. The lowest BCUT2D eigenvalue weighted by Gasteiger charge is -2.14. The summed E-state index contributed by atoms with van der Waals surface area (Å²) in [5, 5.41) is 20.0. The third-order valence-electron chi connectivity index (χ3n) is 5.48. The van der Waals surface area contributed by atoms with Gasteiger partial charge in [-0.25, -0.2) is 4.98 Å². The highest BCUT2D eigenvalue weighted by atomic mass is 32.2. The molecule has 1 aromatic heterocycles. The van der Waals surface area contributed by atoms with Crippen LogP contribution in [0.5, 0.6) is 11.5 Å². The molecule has 0 saturated carbocycles. The van der Waals surface area contributed by atoms with Crippen LogP contribution < -0.4 is 20.7 Å². The molecule has 1 heterocycles. The number of ether oxygens (including phenoxy) is 1. The van der Waals surface area contributed by atoms with Gasteiger partial charge < -0.3 is 25.8 Å². The van der Waals surface area contributed by atoms with E-state index in [4.69, 9.17) is 4.74 Å². The number of thiazole rings is 1. The van der Waals surface area contributed by atoms with Crippen LogP contribution in [0.25, 0.3) is 6.08 Å². The fourth-order valence-corrected chi connectivity index (χ4v) is 4.97. The van der Waals surface area contributed by atoms with Crippen molar-refractivity contribution in [3.63, 3.8) is 0 Å². The van der Waals surface area contributed by atoms with Gasteiger partial charge in [0.2, 0.25) is 5.91 Å². The number of aromatic hydroxyl groups is 1. The Morgan fingerprint density at radius 3 is 2.55 bits per heavy atom. The molecule has 9 nitrogen and oxygen atoms in total. The molecule has 4 rings (SSSR count). The number of methoxy groups -OCH3 is 1. The number of rotatable bonds is 10. The first-order valence-electron chi connectivity index (χ1n) is 12.1. The lowest BCUT2D eigenvalue weighted by molar-refractivity contribution is -0.115. The third kappa shape index (κ3) is 7.71. The van der Waals surface area contributed by atoms with Gasteiger partial charge in [-0.3, -0.25) is 14.4 Å². The Morgan fingerprint density at radius 1 is 1.02 bits per heavy atom. The second-order valence-electron chi connectivity index (χ2n) is 8.37. The topological polar surface area (TPSA) is 130 Å². The maximum atomic E-state index is 13.4. The average molecular weight is 575 g/mol. The largest absolute Gasteiger partial charge is 0.508 e. The van der Waals surface area contributed by atoms with Crippen molar-refractivity contribution >= 4 is 57.7 Å². The molecule has 4 aromatic rings. The SMILES string of the molecule is COc1cc(O)ccc1/C=C(/NC(=O)c1ccccc1)C(=O)Nc1cccc(SC(C)C(=O)Nc2nccs2)c1. The van der Waals surface area contributed by atoms with Gasteiger partial charge in [-0.15, -0.1) is 23.1 Å².